The molecular weight excluding hydrogens is 456 g/mol. The van der Waals surface area contributed by atoms with Crippen molar-refractivity contribution in [3.63, 3.8) is 0 Å². The van der Waals surface area contributed by atoms with Crippen molar-refractivity contribution in [1.82, 2.24) is 10.6 Å². The molecule has 7 nitrogen and oxygen atoms in total. The molecule has 0 fully saturated rings. The number of carbonyl (C=O) groups is 2. The molecule has 1 aliphatic rings. The van der Waals surface area contributed by atoms with Gasteiger partial charge in [-0.05, 0) is 57.6 Å². The Hall–Kier alpha value is -3.16. The zero-order chi connectivity index (χ0) is 26.1. The minimum Gasteiger partial charge on any atom is -0.444 e. The molecule has 2 aromatic rings. The molecule has 2 aromatic carbocycles. The average molecular weight is 495 g/mol. The molecule has 0 radical (unpaired) electrons. The number of benzene rings is 2. The van der Waals surface area contributed by atoms with Gasteiger partial charge >= 0.3 is 6.09 Å². The van der Waals surface area contributed by atoms with Crippen molar-refractivity contribution in [1.29, 1.82) is 0 Å². The number of carbonyl (C=O) groups excluding carboxylic acids is 2. The molecule has 1 aliphatic carbocycles. The molecule has 0 bridgehead atoms. The summed E-state index contributed by atoms with van der Waals surface area (Å²) in [5, 5.41) is 27.2. The van der Waals surface area contributed by atoms with Crippen molar-refractivity contribution in [2.45, 2.75) is 76.3 Å². The molecule has 4 N–H and O–H groups in total. The number of aliphatic hydroxyl groups excluding tert-OH is 2. The van der Waals surface area contributed by atoms with Crippen molar-refractivity contribution in [2.24, 2.45) is 5.92 Å². The molecule has 194 valence electrons. The van der Waals surface area contributed by atoms with Gasteiger partial charge in [-0.15, -0.1) is 0 Å². The fourth-order valence-corrected chi connectivity index (χ4v) is 4.31. The van der Waals surface area contributed by atoms with E-state index in [2.05, 4.69) is 10.6 Å². The molecule has 5 atom stereocenters. The number of hydrogen-bond acceptors (Lipinski definition) is 5. The Morgan fingerprint density at radius 3 is 2.11 bits per heavy atom. The van der Waals surface area contributed by atoms with Gasteiger partial charge in [-0.3, -0.25) is 4.79 Å². The molecule has 0 aliphatic heterocycles. The lowest BCUT2D eigenvalue weighted by Crippen LogP contribution is -2.49. The van der Waals surface area contributed by atoms with Crippen molar-refractivity contribution in [2.75, 3.05) is 0 Å². The molecule has 2 amide bonds. The summed E-state index contributed by atoms with van der Waals surface area (Å²) in [5.74, 6) is -0.813. The van der Waals surface area contributed by atoms with Gasteiger partial charge in [-0.1, -0.05) is 72.8 Å². The van der Waals surface area contributed by atoms with Crippen LogP contribution in [-0.2, 0) is 22.4 Å². The highest BCUT2D eigenvalue weighted by Crippen LogP contribution is 2.21. The lowest BCUT2D eigenvalue weighted by molar-refractivity contribution is -0.127. The van der Waals surface area contributed by atoms with Gasteiger partial charge in [-0.2, -0.15) is 0 Å². The van der Waals surface area contributed by atoms with Crippen LogP contribution in [0, 0.1) is 5.92 Å². The summed E-state index contributed by atoms with van der Waals surface area (Å²) in [7, 11) is 0. The van der Waals surface area contributed by atoms with Gasteiger partial charge in [-0.25, -0.2) is 4.79 Å². The van der Waals surface area contributed by atoms with Gasteiger partial charge in [0.1, 0.15) is 5.60 Å². The standard InChI is InChI=1S/C29H38N2O5/c1-29(2,3)36-28(35)31-24(18-21-13-8-5-9-14-21)26(33)19-22(17-20-11-6-4-7-12-20)27(34)30-23-15-10-16-25(23)32/h4-15,22-26,32-33H,16-19H2,1-3H3,(H,30,34)(H,31,35)/t22-,23+,24+,25-,26+/m1/s1. The monoisotopic (exact) mass is 494 g/mol. The second kappa shape index (κ2) is 12.7. The van der Waals surface area contributed by atoms with Crippen LogP contribution in [-0.4, -0.2) is 52.1 Å². The zero-order valence-corrected chi connectivity index (χ0v) is 21.3. The number of aliphatic hydroxyl groups is 2. The van der Waals surface area contributed by atoms with Crippen molar-refractivity contribution in [3.05, 3.63) is 83.9 Å². The fraction of sp³-hybridized carbons (Fsp3) is 0.448. The van der Waals surface area contributed by atoms with Crippen LogP contribution in [0.2, 0.25) is 0 Å². The maximum absolute atomic E-state index is 13.3. The Morgan fingerprint density at radius 1 is 1.00 bits per heavy atom. The van der Waals surface area contributed by atoms with Gasteiger partial charge in [0.15, 0.2) is 0 Å². The summed E-state index contributed by atoms with van der Waals surface area (Å²) >= 11 is 0. The molecule has 0 saturated carbocycles. The topological polar surface area (TPSA) is 108 Å². The molecule has 0 heterocycles. The summed E-state index contributed by atoms with van der Waals surface area (Å²) in [6.45, 7) is 5.34. The number of amides is 2. The molecule has 0 unspecified atom stereocenters. The fourth-order valence-electron chi connectivity index (χ4n) is 4.31. The Kier molecular flexibility index (Phi) is 9.67. The average Bonchev–Trinajstić information content (AvgIpc) is 3.22. The van der Waals surface area contributed by atoms with E-state index in [1.54, 1.807) is 26.8 Å². The number of rotatable bonds is 10. The van der Waals surface area contributed by atoms with Crippen LogP contribution in [0.3, 0.4) is 0 Å². The van der Waals surface area contributed by atoms with E-state index in [0.717, 1.165) is 11.1 Å². The summed E-state index contributed by atoms with van der Waals surface area (Å²) in [6.07, 6.45) is 2.77. The molecule has 0 saturated heterocycles. The maximum Gasteiger partial charge on any atom is 0.407 e. The van der Waals surface area contributed by atoms with Crippen LogP contribution in [0.15, 0.2) is 72.8 Å². The quantitative estimate of drug-likeness (QED) is 0.378. The lowest BCUT2D eigenvalue weighted by Gasteiger charge is -2.29. The third-order valence-corrected chi connectivity index (χ3v) is 6.13. The van der Waals surface area contributed by atoms with Gasteiger partial charge < -0.3 is 25.6 Å². The van der Waals surface area contributed by atoms with E-state index in [9.17, 15) is 19.8 Å². The first-order chi connectivity index (χ1) is 17.1. The first kappa shape index (κ1) is 27.4. The third kappa shape index (κ3) is 8.81. The highest BCUT2D eigenvalue weighted by atomic mass is 16.6. The van der Waals surface area contributed by atoms with E-state index < -0.39 is 41.9 Å². The largest absolute Gasteiger partial charge is 0.444 e. The van der Waals surface area contributed by atoms with Crippen molar-refractivity contribution >= 4 is 12.0 Å². The van der Waals surface area contributed by atoms with Crippen molar-refractivity contribution < 1.29 is 24.5 Å². The molecule has 3 rings (SSSR count). The van der Waals surface area contributed by atoms with Crippen LogP contribution in [0.5, 0.6) is 0 Å². The summed E-state index contributed by atoms with van der Waals surface area (Å²) in [6, 6.07) is 18.1. The van der Waals surface area contributed by atoms with E-state index in [-0.39, 0.29) is 12.3 Å². The second-order valence-corrected chi connectivity index (χ2v) is 10.4. The Morgan fingerprint density at radius 2 is 1.58 bits per heavy atom. The minimum atomic E-state index is -1.01. The number of nitrogens with one attached hydrogen (secondary N) is 2. The minimum absolute atomic E-state index is 0.126. The van der Waals surface area contributed by atoms with Gasteiger partial charge in [0.2, 0.25) is 5.91 Å². The van der Waals surface area contributed by atoms with E-state index in [4.69, 9.17) is 4.74 Å². The second-order valence-electron chi connectivity index (χ2n) is 10.4. The molecule has 0 spiro atoms. The van der Waals surface area contributed by atoms with Gasteiger partial charge in [0, 0.05) is 5.92 Å². The first-order valence-corrected chi connectivity index (χ1v) is 12.5. The summed E-state index contributed by atoms with van der Waals surface area (Å²) < 4.78 is 5.43. The highest BCUT2D eigenvalue weighted by molar-refractivity contribution is 5.79. The number of hydrogen-bond donors (Lipinski definition) is 4. The Labute approximate surface area is 213 Å². The van der Waals surface area contributed by atoms with E-state index in [0.29, 0.717) is 19.3 Å². The molecule has 0 aromatic heterocycles. The SMILES string of the molecule is CC(C)(C)OC(=O)N[C@@H](Cc1ccccc1)[C@@H](O)C[C@@H](Cc1ccccc1)C(=O)N[C@H]1C=CC[C@H]1O. The van der Waals surface area contributed by atoms with Crippen LogP contribution in [0.1, 0.15) is 44.7 Å². The van der Waals surface area contributed by atoms with Crippen LogP contribution in [0.25, 0.3) is 0 Å². The predicted molar refractivity (Wildman–Crippen MR) is 139 cm³/mol. The van der Waals surface area contributed by atoms with E-state index in [1.807, 2.05) is 66.7 Å². The predicted octanol–water partition coefficient (Wildman–Crippen LogP) is 3.54. The first-order valence-electron chi connectivity index (χ1n) is 12.5. The molecule has 7 heteroatoms. The van der Waals surface area contributed by atoms with Crippen LogP contribution >= 0.6 is 0 Å². The van der Waals surface area contributed by atoms with Crippen LogP contribution in [0.4, 0.5) is 4.79 Å². The smallest absolute Gasteiger partial charge is 0.407 e. The Bertz CT molecular complexity index is 1000. The normalized spacial score (nSPS) is 19.8. The number of alkyl carbamates (subject to hydrolysis) is 1. The summed E-state index contributed by atoms with van der Waals surface area (Å²) in [4.78, 5) is 25.9. The van der Waals surface area contributed by atoms with Crippen LogP contribution < -0.4 is 10.6 Å². The lowest BCUT2D eigenvalue weighted by atomic mass is 9.88. The third-order valence-electron chi connectivity index (χ3n) is 6.13. The maximum atomic E-state index is 13.3. The van der Waals surface area contributed by atoms with Gasteiger partial charge in [0.25, 0.3) is 0 Å². The van der Waals surface area contributed by atoms with E-state index in [1.165, 1.54) is 0 Å². The number of ether oxygens (including phenoxy) is 1. The summed E-state index contributed by atoms with van der Waals surface area (Å²) in [5.41, 5.74) is 1.23. The zero-order valence-electron chi connectivity index (χ0n) is 21.3. The van der Waals surface area contributed by atoms with Crippen molar-refractivity contribution in [3.8, 4) is 0 Å². The molecule has 36 heavy (non-hydrogen) atoms. The molecular formula is C29H38N2O5. The highest BCUT2D eigenvalue weighted by Gasteiger charge is 2.32. The van der Waals surface area contributed by atoms with Gasteiger partial charge in [0.05, 0.1) is 24.3 Å². The Balaban J connectivity index is 1.78. The van der Waals surface area contributed by atoms with E-state index >= 15 is 0 Å².